The highest BCUT2D eigenvalue weighted by molar-refractivity contribution is 4.55. The first-order valence-electron chi connectivity index (χ1n) is 19.7. The van der Waals surface area contributed by atoms with Gasteiger partial charge in [0.25, 0.3) is 0 Å². The molecule has 4 heteroatoms. The monoisotopic (exact) mass is 613 g/mol. The zero-order chi connectivity index (χ0) is 31.5. The van der Waals surface area contributed by atoms with Crippen LogP contribution in [0.25, 0.3) is 0 Å². The molecular formula is C39H80O4. The van der Waals surface area contributed by atoms with Gasteiger partial charge in [0.05, 0.1) is 12.7 Å². The number of rotatable bonds is 37. The van der Waals surface area contributed by atoms with Crippen LogP contribution in [0.2, 0.25) is 0 Å². The summed E-state index contributed by atoms with van der Waals surface area (Å²) in [6, 6.07) is 0. The van der Waals surface area contributed by atoms with Crippen LogP contribution < -0.4 is 0 Å². The topological polar surface area (TPSA) is 58.9 Å². The van der Waals surface area contributed by atoms with Gasteiger partial charge in [0, 0.05) is 0 Å². The first kappa shape index (κ1) is 42.8. The van der Waals surface area contributed by atoms with Gasteiger partial charge < -0.3 is 19.7 Å². The van der Waals surface area contributed by atoms with E-state index in [9.17, 15) is 10.2 Å². The summed E-state index contributed by atoms with van der Waals surface area (Å²) in [5.41, 5.74) is 0. The largest absolute Gasteiger partial charge is 0.368 e. The molecule has 0 aliphatic carbocycles. The van der Waals surface area contributed by atoms with Gasteiger partial charge in [0.15, 0.2) is 12.6 Å². The fourth-order valence-corrected chi connectivity index (χ4v) is 6.09. The van der Waals surface area contributed by atoms with Gasteiger partial charge in [0.1, 0.15) is 0 Å². The fraction of sp³-hybridized carbons (Fsp3) is 1.00. The molecule has 0 bridgehead atoms. The van der Waals surface area contributed by atoms with Gasteiger partial charge >= 0.3 is 0 Å². The van der Waals surface area contributed by atoms with E-state index in [1.807, 2.05) is 6.92 Å². The highest BCUT2D eigenvalue weighted by Gasteiger charge is 2.13. The molecule has 0 aromatic rings. The molecule has 0 fully saturated rings. The SMILES string of the molecule is CCCCCCCCCCCCCCCCCC(O)OCC(C)OC(O)CCCCCCCCCCCCCCCCC. The standard InChI is InChI=1S/C39H80O4/c1-4-6-8-10-12-14-16-18-20-22-24-26-28-30-32-34-38(40)42-36-37(3)43-39(41)35-33-31-29-27-25-23-21-19-17-15-13-11-9-7-5-2/h37-41H,4-36H2,1-3H3. The van der Waals surface area contributed by atoms with E-state index in [2.05, 4.69) is 13.8 Å². The zero-order valence-electron chi connectivity index (χ0n) is 29.8. The molecule has 2 N–H and O–H groups in total. The smallest absolute Gasteiger partial charge is 0.155 e. The first-order valence-corrected chi connectivity index (χ1v) is 19.7. The lowest BCUT2D eigenvalue weighted by Gasteiger charge is -2.20. The summed E-state index contributed by atoms with van der Waals surface area (Å²) >= 11 is 0. The minimum absolute atomic E-state index is 0.206. The number of hydrogen-bond donors (Lipinski definition) is 2. The van der Waals surface area contributed by atoms with E-state index >= 15 is 0 Å². The maximum atomic E-state index is 10.2. The molecule has 43 heavy (non-hydrogen) atoms. The van der Waals surface area contributed by atoms with Crippen LogP contribution in [-0.4, -0.2) is 35.5 Å². The minimum Gasteiger partial charge on any atom is -0.368 e. The highest BCUT2D eigenvalue weighted by Crippen LogP contribution is 2.16. The summed E-state index contributed by atoms with van der Waals surface area (Å²) in [6.07, 6.45) is 40.1. The van der Waals surface area contributed by atoms with Gasteiger partial charge in [-0.15, -0.1) is 0 Å². The quantitative estimate of drug-likeness (QED) is 0.0541. The van der Waals surface area contributed by atoms with E-state index in [4.69, 9.17) is 9.47 Å². The number of aliphatic hydroxyl groups excluding tert-OH is 2. The normalized spacial score (nSPS) is 13.9. The van der Waals surface area contributed by atoms with Crippen LogP contribution >= 0.6 is 0 Å². The molecule has 4 nitrogen and oxygen atoms in total. The Morgan fingerprint density at radius 2 is 0.628 bits per heavy atom. The Kier molecular flexibility index (Phi) is 36.2. The molecule has 260 valence electrons. The summed E-state index contributed by atoms with van der Waals surface area (Å²) < 4.78 is 11.2. The van der Waals surface area contributed by atoms with E-state index in [0.717, 1.165) is 12.8 Å². The molecule has 0 heterocycles. The van der Waals surface area contributed by atoms with E-state index < -0.39 is 12.6 Å². The average molecular weight is 613 g/mol. The Bertz CT molecular complexity index is 500. The van der Waals surface area contributed by atoms with Crippen molar-refractivity contribution in [3.8, 4) is 0 Å². The van der Waals surface area contributed by atoms with Crippen molar-refractivity contribution in [1.82, 2.24) is 0 Å². The van der Waals surface area contributed by atoms with Crippen LogP contribution in [0.4, 0.5) is 0 Å². The van der Waals surface area contributed by atoms with Gasteiger partial charge in [-0.05, 0) is 32.6 Å². The van der Waals surface area contributed by atoms with Crippen LogP contribution in [0.1, 0.15) is 226 Å². The van der Waals surface area contributed by atoms with Gasteiger partial charge in [0.2, 0.25) is 0 Å². The Morgan fingerprint density at radius 1 is 0.372 bits per heavy atom. The second-order valence-electron chi connectivity index (χ2n) is 13.7. The lowest BCUT2D eigenvalue weighted by atomic mass is 10.0. The number of hydrogen-bond acceptors (Lipinski definition) is 4. The second kappa shape index (κ2) is 36.3. The highest BCUT2D eigenvalue weighted by atomic mass is 16.6. The summed E-state index contributed by atoms with van der Waals surface area (Å²) in [4.78, 5) is 0. The van der Waals surface area contributed by atoms with E-state index in [1.54, 1.807) is 0 Å². The minimum atomic E-state index is -0.728. The molecule has 0 spiro atoms. The molecule has 0 saturated carbocycles. The molecule has 0 saturated heterocycles. The number of aliphatic hydroxyl groups is 2. The zero-order valence-corrected chi connectivity index (χ0v) is 29.8. The van der Waals surface area contributed by atoms with Crippen molar-refractivity contribution in [1.29, 1.82) is 0 Å². The summed E-state index contributed by atoms with van der Waals surface area (Å²) in [5, 5.41) is 20.3. The second-order valence-corrected chi connectivity index (χ2v) is 13.7. The van der Waals surface area contributed by atoms with Crippen molar-refractivity contribution >= 4 is 0 Å². The molecule has 0 rings (SSSR count). The van der Waals surface area contributed by atoms with E-state index in [-0.39, 0.29) is 6.10 Å². The predicted molar refractivity (Wildman–Crippen MR) is 188 cm³/mol. The molecule has 0 aliphatic heterocycles. The number of ether oxygens (including phenoxy) is 2. The summed E-state index contributed by atoms with van der Waals surface area (Å²) in [6.45, 7) is 6.81. The van der Waals surface area contributed by atoms with Crippen LogP contribution in [-0.2, 0) is 9.47 Å². The van der Waals surface area contributed by atoms with Crippen LogP contribution in [0.15, 0.2) is 0 Å². The molecule has 0 amide bonds. The molecule has 3 atom stereocenters. The van der Waals surface area contributed by atoms with Crippen molar-refractivity contribution in [2.75, 3.05) is 6.61 Å². The van der Waals surface area contributed by atoms with E-state index in [0.29, 0.717) is 19.4 Å². The van der Waals surface area contributed by atoms with Crippen molar-refractivity contribution in [3.05, 3.63) is 0 Å². The predicted octanol–water partition coefficient (Wildman–Crippen LogP) is 12.6. The maximum absolute atomic E-state index is 10.2. The number of unbranched alkanes of at least 4 members (excludes halogenated alkanes) is 28. The van der Waals surface area contributed by atoms with Gasteiger partial charge in [-0.25, -0.2) is 0 Å². The molecule has 0 aromatic heterocycles. The van der Waals surface area contributed by atoms with Crippen molar-refractivity contribution in [2.45, 2.75) is 245 Å². The average Bonchev–Trinajstić information content (AvgIpc) is 3.00. The van der Waals surface area contributed by atoms with E-state index in [1.165, 1.54) is 180 Å². The van der Waals surface area contributed by atoms with Crippen molar-refractivity contribution in [2.24, 2.45) is 0 Å². The van der Waals surface area contributed by atoms with Crippen LogP contribution in [0.5, 0.6) is 0 Å². The van der Waals surface area contributed by atoms with Crippen molar-refractivity contribution < 1.29 is 19.7 Å². The van der Waals surface area contributed by atoms with Crippen LogP contribution in [0.3, 0.4) is 0 Å². The van der Waals surface area contributed by atoms with Gasteiger partial charge in [-0.2, -0.15) is 0 Å². The van der Waals surface area contributed by atoms with Gasteiger partial charge in [-0.3, -0.25) is 0 Å². The Morgan fingerprint density at radius 3 is 0.930 bits per heavy atom. The maximum Gasteiger partial charge on any atom is 0.155 e. The first-order chi connectivity index (χ1) is 21.1. The van der Waals surface area contributed by atoms with Crippen LogP contribution in [0, 0.1) is 0 Å². The lowest BCUT2D eigenvalue weighted by molar-refractivity contribution is -0.179. The van der Waals surface area contributed by atoms with Crippen molar-refractivity contribution in [3.63, 3.8) is 0 Å². The fourth-order valence-electron chi connectivity index (χ4n) is 6.09. The molecule has 0 radical (unpaired) electrons. The Hall–Kier alpha value is -0.160. The molecule has 3 unspecified atom stereocenters. The third-order valence-electron chi connectivity index (χ3n) is 9.02. The Balaban J connectivity index is 3.37. The Labute approximate surface area is 270 Å². The molecule has 0 aliphatic rings. The van der Waals surface area contributed by atoms with Gasteiger partial charge in [-0.1, -0.05) is 194 Å². The molecule has 0 aromatic carbocycles. The summed E-state index contributed by atoms with van der Waals surface area (Å²) in [7, 11) is 0. The summed E-state index contributed by atoms with van der Waals surface area (Å²) in [5.74, 6) is 0. The third-order valence-corrected chi connectivity index (χ3v) is 9.02. The third kappa shape index (κ3) is 36.2. The molecular weight excluding hydrogens is 532 g/mol. The lowest BCUT2D eigenvalue weighted by Crippen LogP contribution is -2.26.